The van der Waals surface area contributed by atoms with Crippen LogP contribution in [0.4, 0.5) is 0 Å². The molecule has 6 aliphatic heterocycles. The van der Waals surface area contributed by atoms with Crippen molar-refractivity contribution in [2.24, 2.45) is 0 Å². The molecule has 0 aromatic carbocycles. The number of hydrogen-bond acceptors (Lipinski definition) is 16. The van der Waals surface area contributed by atoms with Crippen molar-refractivity contribution in [3.05, 3.63) is 0 Å². The molecule has 0 aliphatic carbocycles. The Balaban J connectivity index is 0.00000111. The summed E-state index contributed by atoms with van der Waals surface area (Å²) in [7, 11) is -7.04. The second-order valence-corrected chi connectivity index (χ2v) is 14.3. The highest BCUT2D eigenvalue weighted by Crippen LogP contribution is 2.55. The minimum absolute atomic E-state index is 0.0520. The van der Waals surface area contributed by atoms with Gasteiger partial charge in [-0.3, -0.25) is 9.13 Å². The minimum Gasteiger partial charge on any atom is -0.756 e. The van der Waals surface area contributed by atoms with Gasteiger partial charge in [-0.15, -0.1) is 0 Å². The van der Waals surface area contributed by atoms with Gasteiger partial charge in [-0.2, -0.15) is 0 Å². The predicted octanol–water partition coefficient (Wildman–Crippen LogP) is 1.11. The van der Waals surface area contributed by atoms with E-state index in [1.807, 2.05) is 27.7 Å². The normalized spacial score (nSPS) is 46.7. The minimum atomic E-state index is -4.99. The van der Waals surface area contributed by atoms with Crippen molar-refractivity contribution in [3.63, 3.8) is 0 Å². The van der Waals surface area contributed by atoms with Gasteiger partial charge in [-0.25, -0.2) is 0 Å². The zero-order valence-corrected chi connectivity index (χ0v) is 29.2. The number of phosphoric acid groups is 2. The molecule has 6 bridgehead atoms. The molecule has 6 aliphatic rings. The molecule has 18 heteroatoms. The monoisotopic (exact) mass is 690 g/mol. The van der Waals surface area contributed by atoms with E-state index in [2.05, 4.69) is 0 Å². The third kappa shape index (κ3) is 7.00. The van der Waals surface area contributed by atoms with Crippen LogP contribution in [0.3, 0.4) is 0 Å². The average molecular weight is 691 g/mol. The summed E-state index contributed by atoms with van der Waals surface area (Å²) in [5, 5.41) is 0. The lowest BCUT2D eigenvalue weighted by molar-refractivity contribution is -0.247. The number of fused-ring (bicyclic) bond motifs is 6. The van der Waals surface area contributed by atoms with E-state index in [0.717, 1.165) is 0 Å². The number of ether oxygens (including phenoxy) is 8. The van der Waals surface area contributed by atoms with Crippen molar-refractivity contribution in [3.8, 4) is 0 Å². The molecule has 0 saturated carbocycles. The molecule has 0 aromatic heterocycles. The first-order valence-electron chi connectivity index (χ1n) is 15.5. The summed E-state index contributed by atoms with van der Waals surface area (Å²) in [6.07, 6.45) is -5.92. The molecule has 6 heterocycles. The van der Waals surface area contributed by atoms with Crippen LogP contribution < -0.4 is 9.79 Å². The zero-order valence-electron chi connectivity index (χ0n) is 27.4. The van der Waals surface area contributed by atoms with E-state index in [1.165, 1.54) is 14.2 Å². The van der Waals surface area contributed by atoms with Gasteiger partial charge < -0.3 is 65.8 Å². The van der Waals surface area contributed by atoms with Gasteiger partial charge in [-0.05, 0) is 20.8 Å². The van der Waals surface area contributed by atoms with Crippen molar-refractivity contribution in [2.45, 2.75) is 120 Å². The lowest BCUT2D eigenvalue weighted by Crippen LogP contribution is -2.48. The molecular formula is C27H48O16P2-2. The van der Waals surface area contributed by atoms with Crippen molar-refractivity contribution >= 4 is 15.6 Å². The summed E-state index contributed by atoms with van der Waals surface area (Å²) >= 11 is 0. The fraction of sp³-hybridized carbons (Fsp3) is 1.00. The molecule has 0 aromatic rings. The lowest BCUT2D eigenvalue weighted by Gasteiger charge is -2.37. The highest BCUT2D eigenvalue weighted by Gasteiger charge is 2.65. The van der Waals surface area contributed by atoms with Crippen LogP contribution in [0.5, 0.6) is 0 Å². The lowest BCUT2D eigenvalue weighted by atomic mass is 10.00. The first kappa shape index (κ1) is 37.7. The van der Waals surface area contributed by atoms with Crippen LogP contribution in [0.15, 0.2) is 0 Å². The fourth-order valence-corrected chi connectivity index (χ4v) is 9.03. The van der Waals surface area contributed by atoms with E-state index in [9.17, 15) is 18.9 Å². The van der Waals surface area contributed by atoms with Gasteiger partial charge in [0.1, 0.15) is 53.4 Å². The largest absolute Gasteiger partial charge is 0.756 e. The maximum Gasteiger partial charge on any atom is 0.268 e. The maximum atomic E-state index is 13.0. The second-order valence-electron chi connectivity index (χ2n) is 11.6. The van der Waals surface area contributed by atoms with Crippen LogP contribution in [-0.2, 0) is 65.1 Å². The molecule has 264 valence electrons. The standard InChI is InChI=1S/C23H38O16P2.2C2H6/c1-12-15-18(29-5)22(36-12,8-30-15)10-33-40(24,25)39-20-17-14(3)37-23(20,9-32-17)11-34-41(26,27)38-19-16-13(2)35-21(19,6-28-4)7-31-16;2*1-2/h12-20H,6-11H2,1-5H3,(H,24,25)(H,26,27);2*1-2H3/p-2/t12-,13-,14-,15?,16?,17?,18-,19-,20-,21?,22?,23?;;/m1../s1. The van der Waals surface area contributed by atoms with Crippen molar-refractivity contribution < 1.29 is 74.9 Å². The third-order valence-corrected chi connectivity index (χ3v) is 10.6. The highest BCUT2D eigenvalue weighted by molar-refractivity contribution is 7.46. The molecule has 0 radical (unpaired) electrons. The maximum absolute atomic E-state index is 13.0. The topological polar surface area (TPSA) is 191 Å². The van der Waals surface area contributed by atoms with Gasteiger partial charge in [0.25, 0.3) is 15.6 Å². The molecule has 16 nitrogen and oxygen atoms in total. The number of hydrogen-bond donors (Lipinski definition) is 0. The summed E-state index contributed by atoms with van der Waals surface area (Å²) in [6, 6.07) is 0. The van der Waals surface area contributed by atoms with Crippen molar-refractivity contribution in [2.75, 3.05) is 53.9 Å². The Kier molecular flexibility index (Phi) is 12.1. The third-order valence-electron chi connectivity index (χ3n) is 8.72. The molecular weight excluding hydrogens is 642 g/mol. The Morgan fingerprint density at radius 3 is 1.29 bits per heavy atom. The zero-order chi connectivity index (χ0) is 33.4. The molecule has 8 unspecified atom stereocenters. The molecule has 6 rings (SSSR count). The van der Waals surface area contributed by atoms with Crippen molar-refractivity contribution in [1.29, 1.82) is 0 Å². The van der Waals surface area contributed by atoms with Crippen LogP contribution in [0.2, 0.25) is 0 Å². The molecule has 45 heavy (non-hydrogen) atoms. The molecule has 6 fully saturated rings. The Morgan fingerprint density at radius 2 is 0.956 bits per heavy atom. The van der Waals surface area contributed by atoms with E-state index < -0.39 is 88.4 Å². The highest BCUT2D eigenvalue weighted by atomic mass is 31.2. The Labute approximate surface area is 264 Å². The van der Waals surface area contributed by atoms with E-state index in [-0.39, 0.29) is 38.6 Å². The summed E-state index contributed by atoms with van der Waals surface area (Å²) in [5.41, 5.74) is -3.79. The van der Waals surface area contributed by atoms with E-state index in [0.29, 0.717) is 0 Å². The number of phosphoric ester groups is 2. The van der Waals surface area contributed by atoms with Gasteiger partial charge in [0, 0.05) is 14.2 Å². The number of rotatable bonds is 13. The van der Waals surface area contributed by atoms with E-state index in [1.54, 1.807) is 20.8 Å². The van der Waals surface area contributed by atoms with Gasteiger partial charge in [-0.1, -0.05) is 27.7 Å². The molecule has 14 atom stereocenters. The molecule has 0 spiro atoms. The van der Waals surface area contributed by atoms with Crippen LogP contribution in [-0.4, -0.2) is 126 Å². The van der Waals surface area contributed by atoms with E-state index in [4.69, 9.17) is 56.0 Å². The SMILES string of the molecule is CC.CC.COCC12COC([C@H]1OP(=O)([O-])OCC13COC([C@H]1OP(=O)([O-])OCC14COC([C@H]1OC)[C@@H](C)O4)[C@@H](C)O3)[C@@H](C)O2. The average Bonchev–Trinajstić information content (AvgIpc) is 3.80. The first-order valence-corrected chi connectivity index (χ1v) is 18.4. The summed E-state index contributed by atoms with van der Waals surface area (Å²) < 4.78 is 92.9. The van der Waals surface area contributed by atoms with Gasteiger partial charge in [0.15, 0.2) is 0 Å². The van der Waals surface area contributed by atoms with Crippen molar-refractivity contribution in [1.82, 2.24) is 0 Å². The summed E-state index contributed by atoms with van der Waals surface area (Å²) in [5.74, 6) is 0. The molecule has 6 saturated heterocycles. The molecule has 0 amide bonds. The summed E-state index contributed by atoms with van der Waals surface area (Å²) in [4.78, 5) is 26.0. The quantitative estimate of drug-likeness (QED) is 0.250. The summed E-state index contributed by atoms with van der Waals surface area (Å²) in [6.45, 7) is 12.2. The Morgan fingerprint density at radius 1 is 0.622 bits per heavy atom. The van der Waals surface area contributed by atoms with Crippen LogP contribution >= 0.6 is 15.6 Å². The Hall–Kier alpha value is -0.100. The van der Waals surface area contributed by atoms with E-state index >= 15 is 0 Å². The second kappa shape index (κ2) is 14.4. The van der Waals surface area contributed by atoms with Crippen LogP contribution in [0, 0.1) is 0 Å². The predicted molar refractivity (Wildman–Crippen MR) is 151 cm³/mol. The van der Waals surface area contributed by atoms with Gasteiger partial charge in [0.05, 0.1) is 58.0 Å². The van der Waals surface area contributed by atoms with Gasteiger partial charge >= 0.3 is 0 Å². The van der Waals surface area contributed by atoms with Gasteiger partial charge in [0.2, 0.25) is 0 Å². The Bertz CT molecular complexity index is 1100. The van der Waals surface area contributed by atoms with Crippen LogP contribution in [0.1, 0.15) is 48.5 Å². The number of methoxy groups -OCH3 is 2. The smallest absolute Gasteiger partial charge is 0.268 e. The fourth-order valence-electron chi connectivity index (χ4n) is 6.97. The first-order chi connectivity index (χ1) is 21.3. The molecule has 0 N–H and O–H groups in total. The van der Waals surface area contributed by atoms with Crippen LogP contribution in [0.25, 0.3) is 0 Å².